The number of amides is 1. The number of benzene rings is 2. The summed E-state index contributed by atoms with van der Waals surface area (Å²) in [6, 6.07) is 16.1. The quantitative estimate of drug-likeness (QED) is 0.174. The van der Waals surface area contributed by atoms with Crippen molar-refractivity contribution in [3.63, 3.8) is 0 Å². The summed E-state index contributed by atoms with van der Waals surface area (Å²) in [4.78, 5) is 44.3. The molecule has 1 atom stereocenters. The summed E-state index contributed by atoms with van der Waals surface area (Å²) in [7, 11) is 0. The van der Waals surface area contributed by atoms with E-state index in [1.54, 1.807) is 86.9 Å². The molecule has 1 fully saturated rings. The summed E-state index contributed by atoms with van der Waals surface area (Å²) in [5, 5.41) is 11.3. The van der Waals surface area contributed by atoms with Crippen LogP contribution in [0.1, 0.15) is 60.8 Å². The number of likely N-dealkylation sites (tertiary alicyclic amines) is 1. The molecule has 8 nitrogen and oxygen atoms in total. The molecule has 1 N–H and O–H groups in total. The van der Waals surface area contributed by atoms with E-state index in [0.29, 0.717) is 40.5 Å². The molecule has 0 aliphatic carbocycles. The van der Waals surface area contributed by atoms with Gasteiger partial charge in [-0.1, -0.05) is 32.0 Å². The number of esters is 1. The van der Waals surface area contributed by atoms with Crippen LogP contribution in [0.25, 0.3) is 5.76 Å². The Kier molecular flexibility index (Phi) is 8.44. The van der Waals surface area contributed by atoms with Crippen molar-refractivity contribution in [2.75, 3.05) is 6.61 Å². The van der Waals surface area contributed by atoms with E-state index < -0.39 is 23.7 Å². The maximum absolute atomic E-state index is 13.3. The number of aliphatic hydroxyl groups is 1. The summed E-state index contributed by atoms with van der Waals surface area (Å²) >= 11 is 0. The first kappa shape index (κ1) is 27.6. The lowest BCUT2D eigenvalue weighted by Crippen LogP contribution is -2.29. The van der Waals surface area contributed by atoms with E-state index in [0.717, 1.165) is 0 Å². The minimum absolute atomic E-state index is 0.0130. The maximum Gasteiger partial charge on any atom is 0.338 e. The second-order valence-corrected chi connectivity index (χ2v) is 10.1. The van der Waals surface area contributed by atoms with Gasteiger partial charge in [-0.05, 0) is 73.4 Å². The number of aliphatic hydroxyl groups excluding tert-OH is 1. The number of nitrogens with zero attached hydrogens (tertiary/aromatic N) is 2. The third kappa shape index (κ3) is 6.34. The van der Waals surface area contributed by atoms with Crippen molar-refractivity contribution in [2.45, 2.75) is 46.4 Å². The van der Waals surface area contributed by atoms with Gasteiger partial charge in [-0.15, -0.1) is 0 Å². The monoisotopic (exact) mass is 528 g/mol. The Bertz CT molecular complexity index is 1360. The Balaban J connectivity index is 1.67. The van der Waals surface area contributed by atoms with Gasteiger partial charge in [-0.25, -0.2) is 4.79 Å². The Hall–Kier alpha value is -4.46. The Morgan fingerprint density at radius 1 is 0.974 bits per heavy atom. The summed E-state index contributed by atoms with van der Waals surface area (Å²) in [6.07, 6.45) is 2.93. The number of pyridine rings is 1. The van der Waals surface area contributed by atoms with Gasteiger partial charge in [0, 0.05) is 24.5 Å². The maximum atomic E-state index is 13.3. The SMILES string of the molecule is CC(C)COc1ccc(/C(O)=C2\C(=O)C(=O)N(Cc3ccc(C(=O)OC(C)C)cc3)C2c2cccnc2)cc1. The fourth-order valence-electron chi connectivity index (χ4n) is 4.28. The first-order valence-corrected chi connectivity index (χ1v) is 12.9. The van der Waals surface area contributed by atoms with Crippen molar-refractivity contribution >= 4 is 23.4 Å². The third-order valence-electron chi connectivity index (χ3n) is 6.14. The number of ether oxygens (including phenoxy) is 2. The van der Waals surface area contributed by atoms with Crippen molar-refractivity contribution in [2.24, 2.45) is 5.92 Å². The van der Waals surface area contributed by atoms with Crippen LogP contribution in [0.4, 0.5) is 0 Å². The van der Waals surface area contributed by atoms with Crippen LogP contribution in [0, 0.1) is 5.92 Å². The van der Waals surface area contributed by atoms with Gasteiger partial charge in [0.15, 0.2) is 0 Å². The number of carbonyl (C=O) groups excluding carboxylic acids is 3. The van der Waals surface area contributed by atoms with E-state index in [1.165, 1.54) is 4.90 Å². The zero-order valence-electron chi connectivity index (χ0n) is 22.5. The zero-order valence-corrected chi connectivity index (χ0v) is 22.5. The van der Waals surface area contributed by atoms with Gasteiger partial charge in [0.25, 0.3) is 11.7 Å². The molecule has 1 aliphatic rings. The van der Waals surface area contributed by atoms with E-state index in [4.69, 9.17) is 9.47 Å². The number of Topliss-reactive ketones (excluding diaryl/α,β-unsaturated/α-hetero) is 1. The van der Waals surface area contributed by atoms with Crippen LogP contribution in [0.3, 0.4) is 0 Å². The smallest absolute Gasteiger partial charge is 0.338 e. The lowest BCUT2D eigenvalue weighted by Gasteiger charge is -2.25. The molecule has 0 spiro atoms. The second kappa shape index (κ2) is 11.9. The zero-order chi connectivity index (χ0) is 28.1. The molecule has 1 aliphatic heterocycles. The van der Waals surface area contributed by atoms with Gasteiger partial charge < -0.3 is 19.5 Å². The average Bonchev–Trinajstić information content (AvgIpc) is 3.17. The Morgan fingerprint density at radius 2 is 1.64 bits per heavy atom. The molecule has 2 aromatic carbocycles. The molecule has 2 heterocycles. The standard InChI is InChI=1S/C31H32N2O6/c1-19(2)18-38-25-13-11-22(12-14-25)28(34)26-27(24-6-5-15-32-16-24)33(30(36)29(26)35)17-21-7-9-23(10-8-21)31(37)39-20(3)4/h5-16,19-20,27,34H,17-18H2,1-4H3/b28-26+. The van der Waals surface area contributed by atoms with E-state index >= 15 is 0 Å². The molecule has 0 saturated carbocycles. The predicted molar refractivity (Wildman–Crippen MR) is 146 cm³/mol. The molecular weight excluding hydrogens is 496 g/mol. The van der Waals surface area contributed by atoms with E-state index in [2.05, 4.69) is 4.98 Å². The predicted octanol–water partition coefficient (Wildman–Crippen LogP) is 5.30. The fourth-order valence-corrected chi connectivity index (χ4v) is 4.28. The van der Waals surface area contributed by atoms with Crippen LogP contribution in [0.2, 0.25) is 0 Å². The first-order chi connectivity index (χ1) is 18.7. The van der Waals surface area contributed by atoms with Gasteiger partial charge in [-0.3, -0.25) is 14.6 Å². The molecular formula is C31H32N2O6. The van der Waals surface area contributed by atoms with Crippen molar-refractivity contribution in [1.29, 1.82) is 0 Å². The normalized spacial score (nSPS) is 16.7. The van der Waals surface area contributed by atoms with Crippen LogP contribution in [0.15, 0.2) is 78.6 Å². The Labute approximate surface area is 227 Å². The number of carbonyl (C=O) groups is 3. The molecule has 1 aromatic heterocycles. The van der Waals surface area contributed by atoms with Crippen LogP contribution >= 0.6 is 0 Å². The van der Waals surface area contributed by atoms with E-state index in [1.807, 2.05) is 13.8 Å². The molecule has 202 valence electrons. The van der Waals surface area contributed by atoms with E-state index in [9.17, 15) is 19.5 Å². The molecule has 1 amide bonds. The van der Waals surface area contributed by atoms with Gasteiger partial charge in [-0.2, -0.15) is 0 Å². The number of ketones is 1. The molecule has 1 saturated heterocycles. The van der Waals surface area contributed by atoms with Crippen molar-refractivity contribution in [1.82, 2.24) is 9.88 Å². The lowest BCUT2D eigenvalue weighted by atomic mass is 9.96. The molecule has 3 aromatic rings. The molecule has 1 unspecified atom stereocenters. The molecule has 0 bridgehead atoms. The number of hydrogen-bond donors (Lipinski definition) is 1. The first-order valence-electron chi connectivity index (χ1n) is 12.9. The van der Waals surface area contributed by atoms with Crippen LogP contribution in [-0.2, 0) is 20.9 Å². The second-order valence-electron chi connectivity index (χ2n) is 10.1. The highest BCUT2D eigenvalue weighted by atomic mass is 16.5. The summed E-state index contributed by atoms with van der Waals surface area (Å²) in [5.41, 5.74) is 2.07. The molecule has 39 heavy (non-hydrogen) atoms. The number of rotatable bonds is 9. The highest BCUT2D eigenvalue weighted by Crippen LogP contribution is 2.40. The van der Waals surface area contributed by atoms with Crippen molar-refractivity contribution in [3.05, 3.63) is 101 Å². The van der Waals surface area contributed by atoms with Crippen LogP contribution < -0.4 is 4.74 Å². The van der Waals surface area contributed by atoms with Gasteiger partial charge in [0.1, 0.15) is 11.5 Å². The summed E-state index contributed by atoms with van der Waals surface area (Å²) in [6.45, 7) is 8.28. The number of hydrogen-bond acceptors (Lipinski definition) is 7. The fraction of sp³-hybridized carbons (Fsp3) is 0.290. The lowest BCUT2D eigenvalue weighted by molar-refractivity contribution is -0.140. The number of aromatic nitrogens is 1. The topological polar surface area (TPSA) is 106 Å². The molecule has 8 heteroatoms. The minimum Gasteiger partial charge on any atom is -0.507 e. The van der Waals surface area contributed by atoms with Gasteiger partial charge in [0.2, 0.25) is 0 Å². The average molecular weight is 529 g/mol. The minimum atomic E-state index is -0.846. The Morgan fingerprint density at radius 3 is 2.23 bits per heavy atom. The van der Waals surface area contributed by atoms with Gasteiger partial charge >= 0.3 is 5.97 Å². The summed E-state index contributed by atoms with van der Waals surface area (Å²) < 4.78 is 10.9. The van der Waals surface area contributed by atoms with Crippen LogP contribution in [0.5, 0.6) is 5.75 Å². The highest BCUT2D eigenvalue weighted by molar-refractivity contribution is 6.46. The van der Waals surface area contributed by atoms with Crippen LogP contribution in [-0.4, -0.2) is 45.4 Å². The summed E-state index contributed by atoms with van der Waals surface area (Å²) in [5.74, 6) is -1.21. The largest absolute Gasteiger partial charge is 0.507 e. The highest BCUT2D eigenvalue weighted by Gasteiger charge is 2.46. The van der Waals surface area contributed by atoms with Gasteiger partial charge in [0.05, 0.1) is 29.9 Å². The molecule has 4 rings (SSSR count). The van der Waals surface area contributed by atoms with E-state index in [-0.39, 0.29) is 24.0 Å². The third-order valence-corrected chi connectivity index (χ3v) is 6.14. The van der Waals surface area contributed by atoms with Crippen molar-refractivity contribution < 1.29 is 29.0 Å². The van der Waals surface area contributed by atoms with Crippen molar-refractivity contribution in [3.8, 4) is 5.75 Å². The molecule has 0 radical (unpaired) electrons.